The van der Waals surface area contributed by atoms with Crippen LogP contribution in [0, 0.1) is 5.82 Å². The van der Waals surface area contributed by atoms with Gasteiger partial charge in [-0.1, -0.05) is 19.1 Å². The Balaban J connectivity index is 2.10. The quantitative estimate of drug-likeness (QED) is 0.822. The van der Waals surface area contributed by atoms with Gasteiger partial charge in [-0.3, -0.25) is 0 Å². The summed E-state index contributed by atoms with van der Waals surface area (Å²) in [4.78, 5) is 1.14. The number of rotatable bonds is 5. The van der Waals surface area contributed by atoms with Gasteiger partial charge in [0.25, 0.3) is 0 Å². The SMILES string of the molecule is CCCNCc1cc(-c2ccccc2F)ns1. The second kappa shape index (κ2) is 5.89. The van der Waals surface area contributed by atoms with Gasteiger partial charge in [0.2, 0.25) is 0 Å². The topological polar surface area (TPSA) is 24.9 Å². The van der Waals surface area contributed by atoms with Gasteiger partial charge in [0, 0.05) is 17.0 Å². The summed E-state index contributed by atoms with van der Waals surface area (Å²) in [5, 5.41) is 3.31. The fourth-order valence-electron chi connectivity index (χ4n) is 1.58. The van der Waals surface area contributed by atoms with Crippen LogP contribution in [0.25, 0.3) is 11.3 Å². The standard InChI is InChI=1S/C13H15FN2S/c1-2-7-15-9-10-8-13(16-17-10)11-5-3-4-6-12(11)14/h3-6,8,15H,2,7,9H2,1H3. The number of benzene rings is 1. The summed E-state index contributed by atoms with van der Waals surface area (Å²) < 4.78 is 17.8. The van der Waals surface area contributed by atoms with E-state index in [9.17, 15) is 4.39 Å². The Morgan fingerprint density at radius 3 is 2.94 bits per heavy atom. The molecule has 2 aromatic rings. The van der Waals surface area contributed by atoms with Gasteiger partial charge in [-0.25, -0.2) is 4.39 Å². The fraction of sp³-hybridized carbons (Fsp3) is 0.308. The molecule has 4 heteroatoms. The highest BCUT2D eigenvalue weighted by Gasteiger charge is 2.08. The zero-order chi connectivity index (χ0) is 12.1. The van der Waals surface area contributed by atoms with Crippen molar-refractivity contribution in [3.05, 3.63) is 41.0 Å². The van der Waals surface area contributed by atoms with E-state index in [2.05, 4.69) is 16.6 Å². The molecular weight excluding hydrogens is 235 g/mol. The van der Waals surface area contributed by atoms with Crippen LogP contribution in [-0.4, -0.2) is 10.9 Å². The van der Waals surface area contributed by atoms with Crippen LogP contribution in [-0.2, 0) is 6.54 Å². The van der Waals surface area contributed by atoms with E-state index >= 15 is 0 Å². The van der Waals surface area contributed by atoms with Crippen molar-refractivity contribution in [1.29, 1.82) is 0 Å². The molecule has 0 bridgehead atoms. The molecule has 0 unspecified atom stereocenters. The second-order valence-electron chi connectivity index (χ2n) is 3.84. The number of nitrogens with one attached hydrogen (secondary N) is 1. The van der Waals surface area contributed by atoms with Gasteiger partial charge in [-0.15, -0.1) is 0 Å². The maximum atomic E-state index is 13.5. The predicted octanol–water partition coefficient (Wildman–Crippen LogP) is 3.45. The average molecular weight is 250 g/mol. The first kappa shape index (κ1) is 12.2. The maximum Gasteiger partial charge on any atom is 0.132 e. The van der Waals surface area contributed by atoms with Crippen LogP contribution in [0.5, 0.6) is 0 Å². The molecule has 0 amide bonds. The third-order valence-electron chi connectivity index (χ3n) is 2.43. The van der Waals surface area contributed by atoms with Crippen molar-refractivity contribution in [2.24, 2.45) is 0 Å². The van der Waals surface area contributed by atoms with Crippen LogP contribution >= 0.6 is 11.5 Å². The van der Waals surface area contributed by atoms with Crippen LogP contribution in [0.2, 0.25) is 0 Å². The molecule has 0 spiro atoms. The van der Waals surface area contributed by atoms with E-state index in [1.54, 1.807) is 12.1 Å². The number of hydrogen-bond donors (Lipinski definition) is 1. The summed E-state index contributed by atoms with van der Waals surface area (Å²) in [6, 6.07) is 8.69. The van der Waals surface area contributed by atoms with E-state index in [1.807, 2.05) is 12.1 Å². The largest absolute Gasteiger partial charge is 0.312 e. The Kier molecular flexibility index (Phi) is 4.23. The molecular formula is C13H15FN2S. The lowest BCUT2D eigenvalue weighted by atomic mass is 10.1. The Hall–Kier alpha value is -1.26. The highest BCUT2D eigenvalue weighted by molar-refractivity contribution is 7.06. The Morgan fingerprint density at radius 2 is 2.18 bits per heavy atom. The maximum absolute atomic E-state index is 13.5. The first-order valence-corrected chi connectivity index (χ1v) is 6.50. The van der Waals surface area contributed by atoms with E-state index in [4.69, 9.17) is 0 Å². The van der Waals surface area contributed by atoms with Gasteiger partial charge in [0.05, 0.1) is 5.69 Å². The van der Waals surface area contributed by atoms with Crippen LogP contribution in [0.15, 0.2) is 30.3 Å². The van der Waals surface area contributed by atoms with Crippen molar-refractivity contribution in [2.45, 2.75) is 19.9 Å². The van der Waals surface area contributed by atoms with Crippen LogP contribution < -0.4 is 5.32 Å². The van der Waals surface area contributed by atoms with Gasteiger partial charge in [0.15, 0.2) is 0 Å². The van der Waals surface area contributed by atoms with E-state index in [0.29, 0.717) is 5.56 Å². The van der Waals surface area contributed by atoms with E-state index in [-0.39, 0.29) is 5.82 Å². The van der Waals surface area contributed by atoms with Crippen molar-refractivity contribution in [3.8, 4) is 11.3 Å². The monoisotopic (exact) mass is 250 g/mol. The molecule has 90 valence electrons. The van der Waals surface area contributed by atoms with E-state index in [1.165, 1.54) is 17.6 Å². The highest BCUT2D eigenvalue weighted by atomic mass is 32.1. The zero-order valence-electron chi connectivity index (χ0n) is 9.74. The summed E-state index contributed by atoms with van der Waals surface area (Å²) >= 11 is 1.42. The van der Waals surface area contributed by atoms with Crippen molar-refractivity contribution in [1.82, 2.24) is 9.69 Å². The Morgan fingerprint density at radius 1 is 1.35 bits per heavy atom. The molecule has 1 heterocycles. The van der Waals surface area contributed by atoms with Gasteiger partial charge in [0.1, 0.15) is 5.82 Å². The van der Waals surface area contributed by atoms with E-state index in [0.717, 1.165) is 30.1 Å². The minimum Gasteiger partial charge on any atom is -0.312 e. The molecule has 0 fully saturated rings. The Labute approximate surface area is 105 Å². The number of halogens is 1. The predicted molar refractivity (Wildman–Crippen MR) is 69.5 cm³/mol. The molecule has 1 aromatic carbocycles. The van der Waals surface area contributed by atoms with Gasteiger partial charge in [-0.05, 0) is 42.7 Å². The smallest absolute Gasteiger partial charge is 0.132 e. The molecule has 0 atom stereocenters. The normalized spacial score (nSPS) is 10.7. The molecule has 1 aromatic heterocycles. The third-order valence-corrected chi connectivity index (χ3v) is 3.22. The summed E-state index contributed by atoms with van der Waals surface area (Å²) in [6.45, 7) is 3.93. The number of aromatic nitrogens is 1. The molecule has 0 saturated heterocycles. The minimum absolute atomic E-state index is 0.217. The van der Waals surface area contributed by atoms with Crippen LogP contribution in [0.3, 0.4) is 0 Å². The summed E-state index contributed by atoms with van der Waals surface area (Å²) in [6.07, 6.45) is 1.11. The molecule has 2 nitrogen and oxygen atoms in total. The molecule has 0 aliphatic carbocycles. The molecule has 2 rings (SSSR count). The van der Waals surface area contributed by atoms with Crippen molar-refractivity contribution in [2.75, 3.05) is 6.54 Å². The van der Waals surface area contributed by atoms with Crippen molar-refractivity contribution >= 4 is 11.5 Å². The van der Waals surface area contributed by atoms with Crippen molar-refractivity contribution in [3.63, 3.8) is 0 Å². The zero-order valence-corrected chi connectivity index (χ0v) is 10.6. The molecule has 0 aliphatic rings. The lowest BCUT2D eigenvalue weighted by molar-refractivity contribution is 0.631. The molecule has 17 heavy (non-hydrogen) atoms. The van der Waals surface area contributed by atoms with Crippen LogP contribution in [0.1, 0.15) is 18.2 Å². The highest BCUT2D eigenvalue weighted by Crippen LogP contribution is 2.24. The fourth-order valence-corrected chi connectivity index (χ4v) is 2.28. The van der Waals surface area contributed by atoms with Crippen molar-refractivity contribution < 1.29 is 4.39 Å². The lowest BCUT2D eigenvalue weighted by Crippen LogP contribution is -2.12. The molecule has 0 aliphatic heterocycles. The van der Waals surface area contributed by atoms with Gasteiger partial charge in [-0.2, -0.15) is 4.37 Å². The lowest BCUT2D eigenvalue weighted by Gasteiger charge is -1.98. The Bertz CT molecular complexity index is 482. The molecule has 0 saturated carbocycles. The van der Waals surface area contributed by atoms with E-state index < -0.39 is 0 Å². The summed E-state index contributed by atoms with van der Waals surface area (Å²) in [5.74, 6) is -0.217. The average Bonchev–Trinajstić information content (AvgIpc) is 2.79. The number of nitrogens with zero attached hydrogens (tertiary/aromatic N) is 1. The van der Waals surface area contributed by atoms with Gasteiger partial charge >= 0.3 is 0 Å². The van der Waals surface area contributed by atoms with Gasteiger partial charge < -0.3 is 5.32 Å². The summed E-state index contributed by atoms with van der Waals surface area (Å²) in [5.41, 5.74) is 1.30. The second-order valence-corrected chi connectivity index (χ2v) is 4.72. The first-order valence-electron chi connectivity index (χ1n) is 5.72. The molecule has 0 radical (unpaired) electrons. The van der Waals surface area contributed by atoms with Crippen LogP contribution in [0.4, 0.5) is 4.39 Å². The molecule has 1 N–H and O–H groups in total. The minimum atomic E-state index is -0.217. The first-order chi connectivity index (χ1) is 8.31. The summed E-state index contributed by atoms with van der Waals surface area (Å²) in [7, 11) is 0. The number of hydrogen-bond acceptors (Lipinski definition) is 3. The third kappa shape index (κ3) is 3.11.